The minimum atomic E-state index is -5.03. The van der Waals surface area contributed by atoms with Crippen molar-refractivity contribution in [3.8, 4) is 11.1 Å². The maximum Gasteiger partial charge on any atom is 0.417 e. The molecule has 0 radical (unpaired) electrons. The lowest BCUT2D eigenvalue weighted by atomic mass is 10.0. The lowest BCUT2D eigenvalue weighted by molar-refractivity contribution is -0.284. The molecule has 3 rings (SSSR count). The maximum atomic E-state index is 13.4. The minimum absolute atomic E-state index is 0.103. The summed E-state index contributed by atoms with van der Waals surface area (Å²) in [5, 5.41) is 10.8. The van der Waals surface area contributed by atoms with Gasteiger partial charge in [0.25, 0.3) is 22.1 Å². The van der Waals surface area contributed by atoms with Crippen molar-refractivity contribution in [2.75, 3.05) is 0 Å². The Balaban J connectivity index is 2.45. The van der Waals surface area contributed by atoms with E-state index in [0.717, 1.165) is 0 Å². The summed E-state index contributed by atoms with van der Waals surface area (Å²) in [5.74, 6) is 0. The number of alkyl halides is 3. The molecule has 6 nitrogen and oxygen atoms in total. The SMILES string of the molecule is O=[N+]([O-])Sc1c(C(F)(F)F)cc(S(=O)(=O)O)c2c1Cc1ccccc1-2. The van der Waals surface area contributed by atoms with E-state index in [9.17, 15) is 36.3 Å². The first-order chi connectivity index (χ1) is 11.5. The first-order valence-corrected chi connectivity index (χ1v) is 8.86. The average molecular weight is 391 g/mol. The van der Waals surface area contributed by atoms with Crippen LogP contribution in [0.25, 0.3) is 11.1 Å². The molecule has 0 saturated heterocycles. The molecule has 0 heterocycles. The fourth-order valence-electron chi connectivity index (χ4n) is 2.86. The monoisotopic (exact) mass is 391 g/mol. The zero-order chi connectivity index (χ0) is 18.6. The summed E-state index contributed by atoms with van der Waals surface area (Å²) in [6.07, 6.45) is -5.13. The van der Waals surface area contributed by atoms with Crippen LogP contribution in [-0.4, -0.2) is 17.3 Å². The summed E-state index contributed by atoms with van der Waals surface area (Å²) >= 11 is -0.227. The first-order valence-electron chi connectivity index (χ1n) is 6.65. The van der Waals surface area contributed by atoms with Crippen molar-refractivity contribution in [3.05, 3.63) is 57.1 Å². The van der Waals surface area contributed by atoms with Crippen LogP contribution in [0.5, 0.6) is 0 Å². The van der Waals surface area contributed by atoms with Crippen LogP contribution in [-0.2, 0) is 22.7 Å². The molecule has 0 unspecified atom stereocenters. The van der Waals surface area contributed by atoms with E-state index in [0.29, 0.717) is 11.1 Å². The first kappa shape index (κ1) is 17.7. The van der Waals surface area contributed by atoms with E-state index in [1.165, 1.54) is 6.07 Å². The highest BCUT2D eigenvalue weighted by molar-refractivity contribution is 7.93. The predicted molar refractivity (Wildman–Crippen MR) is 82.4 cm³/mol. The molecule has 0 bridgehead atoms. The summed E-state index contributed by atoms with van der Waals surface area (Å²) in [4.78, 5) is 9.26. The van der Waals surface area contributed by atoms with Gasteiger partial charge in [-0.05, 0) is 22.8 Å². The third-order valence-electron chi connectivity index (χ3n) is 3.75. The molecule has 0 aliphatic heterocycles. The van der Waals surface area contributed by atoms with Crippen LogP contribution in [0.15, 0.2) is 40.1 Å². The van der Waals surface area contributed by atoms with Crippen LogP contribution in [0.1, 0.15) is 16.7 Å². The molecule has 25 heavy (non-hydrogen) atoms. The molecule has 0 amide bonds. The van der Waals surface area contributed by atoms with Crippen LogP contribution in [0.4, 0.5) is 13.2 Å². The number of fused-ring (bicyclic) bond motifs is 3. The molecule has 0 saturated carbocycles. The van der Waals surface area contributed by atoms with Gasteiger partial charge >= 0.3 is 6.18 Å². The number of benzene rings is 2. The molecule has 0 atom stereocenters. The van der Waals surface area contributed by atoms with Gasteiger partial charge in [-0.15, -0.1) is 0 Å². The number of rotatable bonds is 3. The molecule has 1 aliphatic rings. The molecule has 0 aromatic heterocycles. The van der Waals surface area contributed by atoms with Gasteiger partial charge in [-0.1, -0.05) is 24.3 Å². The van der Waals surface area contributed by atoms with Gasteiger partial charge in [0.15, 0.2) is 0 Å². The summed E-state index contributed by atoms with van der Waals surface area (Å²) < 4.78 is 71.8. The second-order valence-electron chi connectivity index (χ2n) is 5.23. The van der Waals surface area contributed by atoms with Crippen molar-refractivity contribution >= 4 is 22.1 Å². The van der Waals surface area contributed by atoms with Crippen molar-refractivity contribution in [1.82, 2.24) is 0 Å². The average Bonchev–Trinajstić information content (AvgIpc) is 2.84. The summed E-state index contributed by atoms with van der Waals surface area (Å²) in [7, 11) is -4.98. The van der Waals surface area contributed by atoms with Gasteiger partial charge < -0.3 is 0 Å². The highest BCUT2D eigenvalue weighted by Gasteiger charge is 2.42. The fourth-order valence-corrected chi connectivity index (χ4v) is 4.32. The van der Waals surface area contributed by atoms with Gasteiger partial charge in [0.2, 0.25) is 0 Å². The summed E-state index contributed by atoms with van der Waals surface area (Å²) in [5.41, 5.74) is -0.884. The zero-order valence-corrected chi connectivity index (χ0v) is 13.7. The van der Waals surface area contributed by atoms with Gasteiger partial charge in [-0.25, -0.2) is 0 Å². The number of nitro groups is 1. The maximum absolute atomic E-state index is 13.4. The second-order valence-corrected chi connectivity index (χ2v) is 7.51. The molecule has 1 N–H and O–H groups in total. The topological polar surface area (TPSA) is 97.5 Å². The van der Waals surface area contributed by atoms with Gasteiger partial charge in [-0.2, -0.15) is 21.6 Å². The van der Waals surface area contributed by atoms with Crippen LogP contribution in [0.2, 0.25) is 0 Å². The zero-order valence-electron chi connectivity index (χ0n) is 12.1. The highest BCUT2D eigenvalue weighted by Crippen LogP contribution is 2.49. The number of hydrogen-bond donors (Lipinski definition) is 1. The van der Waals surface area contributed by atoms with E-state index >= 15 is 0 Å². The molecule has 2 aromatic carbocycles. The lowest BCUT2D eigenvalue weighted by Gasteiger charge is -2.16. The number of halogens is 3. The van der Waals surface area contributed by atoms with Crippen molar-refractivity contribution in [3.63, 3.8) is 0 Å². The Morgan fingerprint density at radius 3 is 2.44 bits per heavy atom. The minimum Gasteiger partial charge on any atom is -0.282 e. The normalized spacial score (nSPS) is 13.4. The third-order valence-corrected chi connectivity index (χ3v) is 5.42. The van der Waals surface area contributed by atoms with Gasteiger partial charge in [0.05, 0.1) is 10.5 Å². The number of nitrogens with zero attached hydrogens (tertiary/aromatic N) is 1. The van der Waals surface area contributed by atoms with E-state index in [1.807, 2.05) is 0 Å². The quantitative estimate of drug-likeness (QED) is 0.316. The molecule has 0 fully saturated rings. The molecule has 1 aliphatic carbocycles. The largest absolute Gasteiger partial charge is 0.417 e. The Kier molecular flexibility index (Phi) is 4.05. The van der Waals surface area contributed by atoms with Gasteiger partial charge in [-0.3, -0.25) is 14.7 Å². The van der Waals surface area contributed by atoms with Crippen molar-refractivity contribution in [2.24, 2.45) is 0 Å². The Hall–Kier alpha value is -2.11. The van der Waals surface area contributed by atoms with E-state index in [4.69, 9.17) is 0 Å². The van der Waals surface area contributed by atoms with Crippen LogP contribution >= 0.6 is 11.9 Å². The van der Waals surface area contributed by atoms with Crippen molar-refractivity contribution < 1.29 is 30.5 Å². The third kappa shape index (κ3) is 3.10. The van der Waals surface area contributed by atoms with Gasteiger partial charge in [0.1, 0.15) is 9.22 Å². The van der Waals surface area contributed by atoms with Crippen LogP contribution in [0, 0.1) is 10.1 Å². The van der Waals surface area contributed by atoms with E-state index in [2.05, 4.69) is 0 Å². The predicted octanol–water partition coefficient (Wildman–Crippen LogP) is 3.81. The molecule has 2 aromatic rings. The van der Waals surface area contributed by atoms with Crippen molar-refractivity contribution in [2.45, 2.75) is 22.4 Å². The summed E-state index contributed by atoms with van der Waals surface area (Å²) in [6, 6.07) is 6.49. The Labute approximate surface area is 143 Å². The molecule has 11 heteroatoms. The van der Waals surface area contributed by atoms with E-state index in [-0.39, 0.29) is 35.6 Å². The van der Waals surface area contributed by atoms with Gasteiger partial charge in [0, 0.05) is 12.0 Å². The van der Waals surface area contributed by atoms with Crippen LogP contribution in [0.3, 0.4) is 0 Å². The molecule has 132 valence electrons. The Morgan fingerprint density at radius 2 is 1.88 bits per heavy atom. The Morgan fingerprint density at radius 1 is 1.24 bits per heavy atom. The number of hydrogen-bond acceptors (Lipinski definition) is 5. The molecular weight excluding hydrogens is 383 g/mol. The lowest BCUT2D eigenvalue weighted by Crippen LogP contribution is -2.13. The summed E-state index contributed by atoms with van der Waals surface area (Å²) in [6.45, 7) is 0. The standard InChI is InChI=1S/C14H8F3NO5S2/c15-14(16,17)10-6-11(25(21,22)23)12-8-4-2-1-3-7(8)5-9(12)13(10)24-18(19)20/h1-4,6H,5H2,(H,21,22,23). The van der Waals surface area contributed by atoms with Crippen LogP contribution < -0.4 is 0 Å². The second kappa shape index (κ2) is 5.71. The fraction of sp³-hybridized carbons (Fsp3) is 0.143. The highest BCUT2D eigenvalue weighted by atomic mass is 32.2. The smallest absolute Gasteiger partial charge is 0.282 e. The van der Waals surface area contributed by atoms with Crippen molar-refractivity contribution in [1.29, 1.82) is 0 Å². The molecule has 0 spiro atoms. The van der Waals surface area contributed by atoms with E-state index < -0.39 is 36.0 Å². The van der Waals surface area contributed by atoms with E-state index in [1.54, 1.807) is 18.2 Å². The molecular formula is C14H8F3NO5S2. The Bertz CT molecular complexity index is 1000.